The SMILES string of the molecule is COc1ccc(-c2nc(SC(C)C(=O)Nc3cccc(Cl)c3C)n[nH]2)cc1. The van der Waals surface area contributed by atoms with Gasteiger partial charge in [-0.2, -0.15) is 0 Å². The number of H-pyrrole nitrogens is 1. The second kappa shape index (κ2) is 8.45. The van der Waals surface area contributed by atoms with Crippen LogP contribution in [0.4, 0.5) is 5.69 Å². The molecule has 0 spiro atoms. The van der Waals surface area contributed by atoms with Gasteiger partial charge in [-0.3, -0.25) is 9.89 Å². The fourth-order valence-corrected chi connectivity index (χ4v) is 3.27. The largest absolute Gasteiger partial charge is 0.497 e. The van der Waals surface area contributed by atoms with Gasteiger partial charge in [0.25, 0.3) is 0 Å². The fraction of sp³-hybridized carbons (Fsp3) is 0.211. The number of benzene rings is 2. The predicted molar refractivity (Wildman–Crippen MR) is 109 cm³/mol. The first-order chi connectivity index (χ1) is 13.0. The average Bonchev–Trinajstić information content (AvgIpc) is 3.14. The summed E-state index contributed by atoms with van der Waals surface area (Å²) >= 11 is 7.38. The van der Waals surface area contributed by atoms with Crippen LogP contribution in [-0.2, 0) is 4.79 Å². The monoisotopic (exact) mass is 402 g/mol. The number of amides is 1. The average molecular weight is 403 g/mol. The number of halogens is 1. The number of methoxy groups -OCH3 is 1. The van der Waals surface area contributed by atoms with Gasteiger partial charge >= 0.3 is 0 Å². The molecule has 27 heavy (non-hydrogen) atoms. The van der Waals surface area contributed by atoms with E-state index in [9.17, 15) is 4.79 Å². The normalized spacial score (nSPS) is 11.9. The summed E-state index contributed by atoms with van der Waals surface area (Å²) in [7, 11) is 1.62. The van der Waals surface area contributed by atoms with Crippen LogP contribution in [-0.4, -0.2) is 33.4 Å². The summed E-state index contributed by atoms with van der Waals surface area (Å²) in [5, 5.41) is 10.7. The lowest BCUT2D eigenvalue weighted by atomic mass is 10.2. The molecule has 1 amide bonds. The van der Waals surface area contributed by atoms with E-state index in [-0.39, 0.29) is 11.2 Å². The second-order valence-electron chi connectivity index (χ2n) is 5.86. The highest BCUT2D eigenvalue weighted by Gasteiger charge is 2.18. The number of ether oxygens (including phenoxy) is 1. The molecule has 0 radical (unpaired) electrons. The first-order valence-corrected chi connectivity index (χ1v) is 9.53. The number of rotatable bonds is 6. The molecular weight excluding hydrogens is 384 g/mol. The van der Waals surface area contributed by atoms with Crippen molar-refractivity contribution in [2.75, 3.05) is 12.4 Å². The molecule has 1 atom stereocenters. The summed E-state index contributed by atoms with van der Waals surface area (Å²) in [6.45, 7) is 3.68. The zero-order valence-corrected chi connectivity index (χ0v) is 16.7. The quantitative estimate of drug-likeness (QED) is 0.591. The number of anilines is 1. The van der Waals surface area contributed by atoms with Crippen molar-refractivity contribution in [3.05, 3.63) is 53.1 Å². The van der Waals surface area contributed by atoms with Gasteiger partial charge in [-0.1, -0.05) is 29.4 Å². The van der Waals surface area contributed by atoms with Crippen LogP contribution < -0.4 is 10.1 Å². The molecule has 1 aromatic heterocycles. The Labute approximate surface area is 166 Å². The zero-order chi connectivity index (χ0) is 19.4. The maximum atomic E-state index is 12.5. The van der Waals surface area contributed by atoms with E-state index in [1.807, 2.05) is 44.2 Å². The summed E-state index contributed by atoms with van der Waals surface area (Å²) in [5.74, 6) is 1.27. The number of nitrogens with one attached hydrogen (secondary N) is 2. The highest BCUT2D eigenvalue weighted by Crippen LogP contribution is 2.27. The third-order valence-corrected chi connectivity index (χ3v) is 5.38. The number of aromatic nitrogens is 3. The Hall–Kier alpha value is -2.51. The van der Waals surface area contributed by atoms with Gasteiger partial charge in [0.05, 0.1) is 12.4 Å². The zero-order valence-electron chi connectivity index (χ0n) is 15.1. The lowest BCUT2D eigenvalue weighted by Crippen LogP contribution is -2.23. The van der Waals surface area contributed by atoms with Crippen LogP contribution in [0.1, 0.15) is 12.5 Å². The van der Waals surface area contributed by atoms with E-state index in [1.54, 1.807) is 19.2 Å². The fourth-order valence-electron chi connectivity index (χ4n) is 2.37. The molecule has 2 aromatic carbocycles. The van der Waals surface area contributed by atoms with Crippen molar-refractivity contribution in [3.63, 3.8) is 0 Å². The summed E-state index contributed by atoms with van der Waals surface area (Å²) in [6.07, 6.45) is 0. The van der Waals surface area contributed by atoms with Gasteiger partial charge in [0.15, 0.2) is 5.82 Å². The molecular formula is C19H19ClN4O2S. The first-order valence-electron chi connectivity index (χ1n) is 8.27. The molecule has 0 aliphatic heterocycles. The molecule has 6 nitrogen and oxygen atoms in total. The number of hydrogen-bond donors (Lipinski definition) is 2. The van der Waals surface area contributed by atoms with Crippen molar-refractivity contribution < 1.29 is 9.53 Å². The van der Waals surface area contributed by atoms with Crippen LogP contribution in [0.3, 0.4) is 0 Å². The molecule has 0 bridgehead atoms. The van der Waals surface area contributed by atoms with E-state index in [4.69, 9.17) is 16.3 Å². The standard InChI is InChI=1S/C19H19ClN4O2S/c1-11-15(20)5-4-6-16(11)21-18(25)12(2)27-19-22-17(23-24-19)13-7-9-14(26-3)10-8-13/h4-10,12H,1-3H3,(H,21,25)(H,22,23,24). The number of hydrogen-bond acceptors (Lipinski definition) is 5. The molecule has 2 N–H and O–H groups in total. The van der Waals surface area contributed by atoms with Gasteiger partial charge in [-0.25, -0.2) is 4.98 Å². The minimum absolute atomic E-state index is 0.138. The Balaban J connectivity index is 1.65. The lowest BCUT2D eigenvalue weighted by molar-refractivity contribution is -0.115. The van der Waals surface area contributed by atoms with Crippen molar-refractivity contribution >= 4 is 35.0 Å². The topological polar surface area (TPSA) is 79.9 Å². The molecule has 8 heteroatoms. The van der Waals surface area contributed by atoms with Crippen molar-refractivity contribution in [1.82, 2.24) is 15.2 Å². The highest BCUT2D eigenvalue weighted by molar-refractivity contribution is 8.00. The Morgan fingerprint density at radius 1 is 1.26 bits per heavy atom. The van der Waals surface area contributed by atoms with Gasteiger partial charge in [-0.05, 0) is 55.8 Å². The maximum absolute atomic E-state index is 12.5. The van der Waals surface area contributed by atoms with Gasteiger partial charge in [0.1, 0.15) is 5.75 Å². The van der Waals surface area contributed by atoms with Gasteiger partial charge in [-0.15, -0.1) is 5.10 Å². The van der Waals surface area contributed by atoms with Crippen molar-refractivity contribution in [1.29, 1.82) is 0 Å². The Kier molecular flexibility index (Phi) is 6.03. The maximum Gasteiger partial charge on any atom is 0.237 e. The molecule has 1 unspecified atom stereocenters. The minimum Gasteiger partial charge on any atom is -0.497 e. The van der Waals surface area contributed by atoms with E-state index >= 15 is 0 Å². The van der Waals surface area contributed by atoms with E-state index in [1.165, 1.54) is 11.8 Å². The van der Waals surface area contributed by atoms with Crippen molar-refractivity contribution in [2.24, 2.45) is 0 Å². The number of carbonyl (C=O) groups is 1. The highest BCUT2D eigenvalue weighted by atomic mass is 35.5. The number of nitrogens with zero attached hydrogens (tertiary/aromatic N) is 2. The molecule has 0 aliphatic rings. The molecule has 0 saturated heterocycles. The smallest absolute Gasteiger partial charge is 0.237 e. The van der Waals surface area contributed by atoms with E-state index < -0.39 is 0 Å². The van der Waals surface area contributed by atoms with E-state index in [0.29, 0.717) is 21.7 Å². The van der Waals surface area contributed by atoms with Gasteiger partial charge in [0.2, 0.25) is 11.1 Å². The second-order valence-corrected chi connectivity index (χ2v) is 7.57. The predicted octanol–water partition coefficient (Wildman–Crippen LogP) is 4.56. The van der Waals surface area contributed by atoms with Crippen LogP contribution >= 0.6 is 23.4 Å². The molecule has 1 heterocycles. The van der Waals surface area contributed by atoms with E-state index in [2.05, 4.69) is 20.5 Å². The van der Waals surface area contributed by atoms with Crippen LogP contribution in [0.2, 0.25) is 5.02 Å². The Bertz CT molecular complexity index is 943. The first kappa shape index (κ1) is 19.3. The number of aromatic amines is 1. The number of thioether (sulfide) groups is 1. The molecule has 140 valence electrons. The molecule has 0 saturated carbocycles. The van der Waals surface area contributed by atoms with Crippen LogP contribution in [0.25, 0.3) is 11.4 Å². The van der Waals surface area contributed by atoms with Crippen LogP contribution in [0.5, 0.6) is 5.75 Å². The third-order valence-electron chi connectivity index (χ3n) is 4.01. The van der Waals surface area contributed by atoms with Gasteiger partial charge in [0, 0.05) is 16.3 Å². The van der Waals surface area contributed by atoms with Crippen molar-refractivity contribution in [3.8, 4) is 17.1 Å². The Morgan fingerprint density at radius 2 is 2.00 bits per heavy atom. The van der Waals surface area contributed by atoms with E-state index in [0.717, 1.165) is 16.9 Å². The Morgan fingerprint density at radius 3 is 2.70 bits per heavy atom. The lowest BCUT2D eigenvalue weighted by Gasteiger charge is -2.12. The molecule has 0 fully saturated rings. The summed E-state index contributed by atoms with van der Waals surface area (Å²) in [6, 6.07) is 12.9. The number of carbonyl (C=O) groups excluding carboxylic acids is 1. The third kappa shape index (κ3) is 4.61. The molecule has 3 rings (SSSR count). The molecule has 3 aromatic rings. The van der Waals surface area contributed by atoms with Crippen molar-refractivity contribution in [2.45, 2.75) is 24.3 Å². The minimum atomic E-state index is -0.372. The van der Waals surface area contributed by atoms with Gasteiger partial charge < -0.3 is 10.1 Å². The summed E-state index contributed by atoms with van der Waals surface area (Å²) in [4.78, 5) is 16.9. The summed E-state index contributed by atoms with van der Waals surface area (Å²) in [5.41, 5.74) is 2.43. The molecule has 0 aliphatic carbocycles. The summed E-state index contributed by atoms with van der Waals surface area (Å²) < 4.78 is 5.15. The van der Waals surface area contributed by atoms with Crippen LogP contribution in [0.15, 0.2) is 47.6 Å². The van der Waals surface area contributed by atoms with Crippen LogP contribution in [0, 0.1) is 6.92 Å².